The molecule has 0 aliphatic carbocycles. The molecule has 3 nitrogen and oxygen atoms in total. The number of nitrogens with zero attached hydrogens (tertiary/aromatic N) is 3. The zero-order chi connectivity index (χ0) is 31.2. The molecule has 6 rings (SSSR count). The number of anilines is 3. The van der Waals surface area contributed by atoms with Crippen molar-refractivity contribution in [1.82, 2.24) is 0 Å². The molecule has 3 aliphatic heterocycles. The van der Waals surface area contributed by atoms with E-state index in [2.05, 4.69) is 153 Å². The van der Waals surface area contributed by atoms with E-state index in [1.54, 1.807) is 0 Å². The molecule has 0 saturated heterocycles. The molecule has 230 valence electrons. The molecule has 3 aromatic carbocycles. The minimum Gasteiger partial charge on any atom is -0.369 e. The lowest BCUT2D eigenvalue weighted by Crippen LogP contribution is -2.45. The summed E-state index contributed by atoms with van der Waals surface area (Å²) in [6.45, 7) is 21.5. The van der Waals surface area contributed by atoms with Crippen molar-refractivity contribution in [2.45, 2.75) is 122 Å². The highest BCUT2D eigenvalue weighted by Crippen LogP contribution is 2.49. The lowest BCUT2D eigenvalue weighted by Gasteiger charge is -2.46. The van der Waals surface area contributed by atoms with Gasteiger partial charge in [0.2, 0.25) is 0 Å². The molecule has 0 amide bonds. The predicted molar refractivity (Wildman–Crippen MR) is 187 cm³/mol. The summed E-state index contributed by atoms with van der Waals surface area (Å²) in [5.74, 6) is 1.77. The summed E-state index contributed by atoms with van der Waals surface area (Å²) in [7, 11) is 6.81. The summed E-state index contributed by atoms with van der Waals surface area (Å²) in [5.41, 5.74) is 13.3. The van der Waals surface area contributed by atoms with Crippen molar-refractivity contribution in [2.24, 2.45) is 0 Å². The van der Waals surface area contributed by atoms with Crippen LogP contribution >= 0.6 is 0 Å². The molecule has 3 heteroatoms. The second-order valence-corrected chi connectivity index (χ2v) is 16.3. The third-order valence-corrected chi connectivity index (χ3v) is 12.0. The van der Waals surface area contributed by atoms with Crippen LogP contribution in [0.15, 0.2) is 54.6 Å². The van der Waals surface area contributed by atoms with Crippen molar-refractivity contribution in [3.05, 3.63) is 88.0 Å². The largest absolute Gasteiger partial charge is 0.369 e. The van der Waals surface area contributed by atoms with Gasteiger partial charge in [0.15, 0.2) is 0 Å². The van der Waals surface area contributed by atoms with E-state index < -0.39 is 0 Å². The van der Waals surface area contributed by atoms with Crippen LogP contribution in [0.3, 0.4) is 0 Å². The van der Waals surface area contributed by atoms with Gasteiger partial charge in [0.25, 0.3) is 0 Å². The topological polar surface area (TPSA) is 9.72 Å². The van der Waals surface area contributed by atoms with Crippen LogP contribution in [-0.4, -0.2) is 37.8 Å². The van der Waals surface area contributed by atoms with Crippen molar-refractivity contribution >= 4 is 17.1 Å². The molecular weight excluding hydrogens is 522 g/mol. The molecule has 0 N–H and O–H groups in total. The van der Waals surface area contributed by atoms with Crippen molar-refractivity contribution in [2.75, 3.05) is 35.8 Å². The van der Waals surface area contributed by atoms with Gasteiger partial charge in [-0.05, 0) is 130 Å². The summed E-state index contributed by atoms with van der Waals surface area (Å²) < 4.78 is 0. The van der Waals surface area contributed by atoms with E-state index in [0.717, 1.165) is 0 Å². The SMILES string of the molecule is CC1CC(C)(C)N(C)c2ccc(C(c3ccc4c(c3)C(C)CC(C)(C)N4C)c3ccc4c(c3)C(C)CC(C)(C)N4C)cc21. The Kier molecular flexibility index (Phi) is 7.03. The number of rotatable bonds is 3. The number of hydrogen-bond donors (Lipinski definition) is 0. The molecule has 3 aliphatic rings. The van der Waals surface area contributed by atoms with Gasteiger partial charge >= 0.3 is 0 Å². The first-order valence-electron chi connectivity index (χ1n) is 16.6. The molecule has 0 aromatic heterocycles. The van der Waals surface area contributed by atoms with Gasteiger partial charge in [-0.1, -0.05) is 57.2 Å². The van der Waals surface area contributed by atoms with Crippen LogP contribution in [0.1, 0.15) is 139 Å². The maximum atomic E-state index is 2.55. The van der Waals surface area contributed by atoms with Gasteiger partial charge in [-0.3, -0.25) is 0 Å². The van der Waals surface area contributed by atoms with Crippen LogP contribution in [0.2, 0.25) is 0 Å². The zero-order valence-corrected chi connectivity index (χ0v) is 29.0. The first-order chi connectivity index (χ1) is 20.0. The third-order valence-electron chi connectivity index (χ3n) is 12.0. The number of fused-ring (bicyclic) bond motifs is 3. The first-order valence-corrected chi connectivity index (χ1v) is 16.6. The van der Waals surface area contributed by atoms with Gasteiger partial charge in [-0.25, -0.2) is 0 Å². The van der Waals surface area contributed by atoms with Crippen molar-refractivity contribution in [3.8, 4) is 0 Å². The normalized spacial score (nSPS) is 26.0. The Morgan fingerprint density at radius 1 is 0.488 bits per heavy atom. The Hall–Kier alpha value is -2.94. The smallest absolute Gasteiger partial charge is 0.0403 e. The van der Waals surface area contributed by atoms with Crippen LogP contribution in [0.5, 0.6) is 0 Å². The van der Waals surface area contributed by atoms with Crippen LogP contribution in [-0.2, 0) is 0 Å². The molecular formula is C40H55N3. The lowest BCUT2D eigenvalue weighted by molar-refractivity contribution is 0.395. The Morgan fingerprint density at radius 2 is 0.744 bits per heavy atom. The van der Waals surface area contributed by atoms with Gasteiger partial charge in [0.05, 0.1) is 0 Å². The molecule has 0 saturated carbocycles. The molecule has 3 unspecified atom stereocenters. The van der Waals surface area contributed by atoms with Gasteiger partial charge in [-0.15, -0.1) is 0 Å². The minimum atomic E-state index is 0.163. The van der Waals surface area contributed by atoms with E-state index in [9.17, 15) is 0 Å². The van der Waals surface area contributed by atoms with Crippen LogP contribution in [0.4, 0.5) is 17.1 Å². The lowest BCUT2D eigenvalue weighted by atomic mass is 9.75. The van der Waals surface area contributed by atoms with Gasteiger partial charge in [0.1, 0.15) is 0 Å². The Morgan fingerprint density at radius 3 is 1.00 bits per heavy atom. The van der Waals surface area contributed by atoms with Crippen molar-refractivity contribution in [3.63, 3.8) is 0 Å². The highest BCUT2D eigenvalue weighted by Gasteiger charge is 2.38. The summed E-state index contributed by atoms with van der Waals surface area (Å²) >= 11 is 0. The fourth-order valence-electron chi connectivity index (χ4n) is 8.90. The molecule has 0 fully saturated rings. The highest BCUT2D eigenvalue weighted by atomic mass is 15.2. The summed E-state index contributed by atoms with van der Waals surface area (Å²) in [6.07, 6.45) is 3.50. The highest BCUT2D eigenvalue weighted by molar-refractivity contribution is 5.66. The van der Waals surface area contributed by atoms with Gasteiger partial charge in [-0.2, -0.15) is 0 Å². The Bertz CT molecular complexity index is 1360. The van der Waals surface area contributed by atoms with E-state index >= 15 is 0 Å². The van der Waals surface area contributed by atoms with E-state index in [1.165, 1.54) is 69.7 Å². The second kappa shape index (κ2) is 10.0. The standard InChI is InChI=1S/C40H55N3/c1-25-22-38(4,5)41(10)34-16-13-28(19-31(25)34)37(29-14-17-35-32(20-29)26(2)23-39(6,7)42(35)11)30-15-18-36-33(21-30)27(3)24-40(8,9)43(36)12/h13-21,25-27,37H,22-24H2,1-12H3. The van der Waals surface area contributed by atoms with Gasteiger partial charge in [0, 0.05) is 60.7 Å². The monoisotopic (exact) mass is 577 g/mol. The van der Waals surface area contributed by atoms with Crippen molar-refractivity contribution < 1.29 is 0 Å². The summed E-state index contributed by atoms with van der Waals surface area (Å²) in [4.78, 5) is 7.49. The first kappa shape index (κ1) is 30.1. The third kappa shape index (κ3) is 4.86. The molecule has 43 heavy (non-hydrogen) atoms. The molecule has 3 atom stereocenters. The van der Waals surface area contributed by atoms with E-state index in [4.69, 9.17) is 0 Å². The Balaban J connectivity index is 1.53. The predicted octanol–water partition coefficient (Wildman–Crippen LogP) is 10.0. The summed E-state index contributed by atoms with van der Waals surface area (Å²) in [5, 5.41) is 0. The average Bonchev–Trinajstić information content (AvgIpc) is 2.93. The fraction of sp³-hybridized carbons (Fsp3) is 0.550. The van der Waals surface area contributed by atoms with Crippen LogP contribution in [0.25, 0.3) is 0 Å². The molecule has 0 bridgehead atoms. The molecule has 0 spiro atoms. The maximum Gasteiger partial charge on any atom is 0.0403 e. The quantitative estimate of drug-likeness (QED) is 0.287. The number of benzene rings is 3. The molecule has 0 radical (unpaired) electrons. The maximum absolute atomic E-state index is 2.55. The van der Waals surface area contributed by atoms with E-state index in [-0.39, 0.29) is 22.5 Å². The van der Waals surface area contributed by atoms with Crippen molar-refractivity contribution in [1.29, 1.82) is 0 Å². The second-order valence-electron chi connectivity index (χ2n) is 16.3. The zero-order valence-electron chi connectivity index (χ0n) is 29.0. The van der Waals surface area contributed by atoms with Gasteiger partial charge < -0.3 is 14.7 Å². The number of hydrogen-bond acceptors (Lipinski definition) is 3. The molecule has 3 heterocycles. The van der Waals surface area contributed by atoms with Crippen LogP contribution < -0.4 is 14.7 Å². The minimum absolute atomic E-state index is 0.163. The Labute approximate surface area is 262 Å². The van der Waals surface area contributed by atoms with E-state index in [0.29, 0.717) is 17.8 Å². The van der Waals surface area contributed by atoms with Crippen LogP contribution in [0, 0.1) is 0 Å². The average molecular weight is 578 g/mol. The molecule has 3 aromatic rings. The van der Waals surface area contributed by atoms with E-state index in [1.807, 2.05) is 0 Å². The summed E-state index contributed by atoms with van der Waals surface area (Å²) in [6, 6.07) is 22.1. The fourth-order valence-corrected chi connectivity index (χ4v) is 8.90.